The zero-order chi connectivity index (χ0) is 22.6. The third-order valence-electron chi connectivity index (χ3n) is 5.25. The Balaban J connectivity index is 1.98. The summed E-state index contributed by atoms with van der Waals surface area (Å²) in [6.07, 6.45) is 3.13. The van der Waals surface area contributed by atoms with Crippen LogP contribution in [0.3, 0.4) is 0 Å². The minimum atomic E-state index is -1.21. The van der Waals surface area contributed by atoms with E-state index in [1.165, 1.54) is 12.3 Å². The average molecular weight is 427 g/mol. The maximum absolute atomic E-state index is 14.3. The van der Waals surface area contributed by atoms with E-state index in [2.05, 4.69) is 32.0 Å². The van der Waals surface area contributed by atoms with Gasteiger partial charge in [-0.05, 0) is 43.7 Å². The van der Waals surface area contributed by atoms with Crippen molar-refractivity contribution in [3.05, 3.63) is 64.5 Å². The van der Waals surface area contributed by atoms with E-state index < -0.39 is 17.0 Å². The summed E-state index contributed by atoms with van der Waals surface area (Å²) in [5, 5.41) is 18.5. The molecule has 0 fully saturated rings. The lowest BCUT2D eigenvalue weighted by Crippen LogP contribution is -2.15. The summed E-state index contributed by atoms with van der Waals surface area (Å²) < 4.78 is 14.3. The van der Waals surface area contributed by atoms with E-state index in [0.717, 1.165) is 0 Å². The van der Waals surface area contributed by atoms with Gasteiger partial charge in [0.15, 0.2) is 0 Å². The number of anilines is 1. The molecule has 0 radical (unpaired) electrons. The summed E-state index contributed by atoms with van der Waals surface area (Å²) in [7, 11) is 0. The predicted octanol–water partition coefficient (Wildman–Crippen LogP) is 3.46. The zero-order valence-corrected chi connectivity index (χ0v) is 17.2. The van der Waals surface area contributed by atoms with Gasteiger partial charge in [-0.2, -0.15) is 5.10 Å². The Morgan fingerprint density at radius 3 is 2.75 bits per heavy atom. The van der Waals surface area contributed by atoms with E-state index in [-0.39, 0.29) is 11.2 Å². The summed E-state index contributed by atoms with van der Waals surface area (Å²) in [5.74, 6) is 5.35. The van der Waals surface area contributed by atoms with E-state index in [0.29, 0.717) is 43.9 Å². The quantitative estimate of drug-likeness (QED) is 0.241. The van der Waals surface area contributed by atoms with Crippen LogP contribution in [0.15, 0.2) is 47.5 Å². The number of hydrogen-bond donors (Lipinski definition) is 4. The first-order valence-electron chi connectivity index (χ1n) is 9.85. The second-order valence-electron chi connectivity index (χ2n) is 8.05. The number of nitrogen functional groups attached to an aromatic ring is 1. The van der Waals surface area contributed by atoms with Gasteiger partial charge in [-0.1, -0.05) is 17.9 Å². The Kier molecular flexibility index (Phi) is 4.25. The summed E-state index contributed by atoms with van der Waals surface area (Å²) in [6, 6.07) is 8.25. The second kappa shape index (κ2) is 6.90. The van der Waals surface area contributed by atoms with Crippen molar-refractivity contribution in [1.82, 2.24) is 20.2 Å². The minimum Gasteiger partial charge on any atom is -0.394 e. The first-order valence-corrected chi connectivity index (χ1v) is 9.85. The molecule has 0 spiro atoms. The number of benzene rings is 2. The largest absolute Gasteiger partial charge is 0.394 e. The summed E-state index contributed by atoms with van der Waals surface area (Å²) in [5.41, 5.74) is 7.50. The van der Waals surface area contributed by atoms with Crippen molar-refractivity contribution in [2.75, 3.05) is 5.73 Å². The molecule has 3 heterocycles. The molecule has 8 heteroatoms. The number of nitrogens with zero attached hydrogens (tertiary/aromatic N) is 2. The first kappa shape index (κ1) is 19.7. The van der Waals surface area contributed by atoms with E-state index in [9.17, 15) is 14.3 Å². The molecule has 32 heavy (non-hydrogen) atoms. The van der Waals surface area contributed by atoms with Crippen LogP contribution in [-0.2, 0) is 0 Å². The molecule has 0 bridgehead atoms. The Hall–Kier alpha value is -4.22. The Bertz CT molecular complexity index is 1670. The van der Waals surface area contributed by atoms with Gasteiger partial charge in [-0.3, -0.25) is 14.9 Å². The molecule has 2 aromatic carbocycles. The van der Waals surface area contributed by atoms with Gasteiger partial charge < -0.3 is 15.8 Å². The van der Waals surface area contributed by atoms with Gasteiger partial charge >= 0.3 is 0 Å². The molecule has 3 aromatic heterocycles. The third-order valence-corrected chi connectivity index (χ3v) is 5.25. The number of H-pyrrole nitrogens is 2. The molecule has 7 nitrogen and oxygen atoms in total. The van der Waals surface area contributed by atoms with Crippen LogP contribution >= 0.6 is 0 Å². The maximum Gasteiger partial charge on any atom is 0.272 e. The van der Waals surface area contributed by atoms with Crippen molar-refractivity contribution in [2.45, 2.75) is 19.4 Å². The smallest absolute Gasteiger partial charge is 0.272 e. The highest BCUT2D eigenvalue weighted by Gasteiger charge is 2.19. The number of hydrogen-bond acceptors (Lipinski definition) is 5. The molecule has 5 aromatic rings. The van der Waals surface area contributed by atoms with Crippen LogP contribution in [0.4, 0.5) is 10.1 Å². The maximum atomic E-state index is 14.3. The standard InChI is InChI=1S/C24H18FN5O2/c1-24(2,32)8-7-12-10-15-18(13-5-6-17(25)22-16(13)11-28-30-22)19(26)23(31)29-21(15)14-4-3-9-27-20(12)14/h3-6,9-11,32H,26H2,1-2H3,(H,28,30)(H,29,31). The van der Waals surface area contributed by atoms with Gasteiger partial charge in [0.1, 0.15) is 22.6 Å². The molecular formula is C24H18FN5O2. The zero-order valence-electron chi connectivity index (χ0n) is 17.2. The number of aromatic nitrogens is 4. The fraction of sp³-hybridized carbons (Fsp3) is 0.125. The molecule has 158 valence electrons. The lowest BCUT2D eigenvalue weighted by atomic mass is 9.93. The lowest BCUT2D eigenvalue weighted by molar-refractivity contribution is 0.143. The molecule has 0 aliphatic carbocycles. The van der Waals surface area contributed by atoms with Crippen LogP contribution in [0.5, 0.6) is 0 Å². The van der Waals surface area contributed by atoms with Gasteiger partial charge in [0.2, 0.25) is 0 Å². The topological polar surface area (TPSA) is 121 Å². The Labute approximate surface area is 181 Å². The highest BCUT2D eigenvalue weighted by molar-refractivity contribution is 6.15. The summed E-state index contributed by atoms with van der Waals surface area (Å²) in [4.78, 5) is 20.1. The first-order chi connectivity index (χ1) is 15.2. The SMILES string of the molecule is CC(C)(O)C#Cc1cc2c(-c3ccc(F)c4[nH]ncc34)c(N)c(=O)[nH]c2c2cccnc12. The van der Waals surface area contributed by atoms with Crippen molar-refractivity contribution in [3.8, 4) is 23.0 Å². The fourth-order valence-corrected chi connectivity index (χ4v) is 3.85. The number of nitrogens with one attached hydrogen (secondary N) is 2. The number of halogens is 1. The normalized spacial score (nSPS) is 11.8. The van der Waals surface area contributed by atoms with Crippen molar-refractivity contribution >= 4 is 38.4 Å². The van der Waals surface area contributed by atoms with Crippen molar-refractivity contribution < 1.29 is 9.50 Å². The molecule has 0 unspecified atom stereocenters. The van der Waals surface area contributed by atoms with E-state index in [1.54, 1.807) is 38.2 Å². The van der Waals surface area contributed by atoms with Crippen LogP contribution in [-0.4, -0.2) is 30.9 Å². The fourth-order valence-electron chi connectivity index (χ4n) is 3.85. The number of pyridine rings is 2. The van der Waals surface area contributed by atoms with Crippen LogP contribution in [0.2, 0.25) is 0 Å². The number of aliphatic hydroxyl groups is 1. The Morgan fingerprint density at radius 1 is 1.16 bits per heavy atom. The predicted molar refractivity (Wildman–Crippen MR) is 123 cm³/mol. The molecular weight excluding hydrogens is 409 g/mol. The highest BCUT2D eigenvalue weighted by Crippen LogP contribution is 2.38. The number of aromatic amines is 2. The van der Waals surface area contributed by atoms with Crippen LogP contribution < -0.4 is 11.3 Å². The van der Waals surface area contributed by atoms with Crippen molar-refractivity contribution in [2.24, 2.45) is 0 Å². The summed E-state index contributed by atoms with van der Waals surface area (Å²) in [6.45, 7) is 3.18. The Morgan fingerprint density at radius 2 is 1.97 bits per heavy atom. The molecule has 0 aliphatic rings. The minimum absolute atomic E-state index is 0.00348. The number of nitrogens with two attached hydrogens (primary N) is 1. The van der Waals surface area contributed by atoms with Gasteiger partial charge in [0, 0.05) is 27.9 Å². The van der Waals surface area contributed by atoms with Crippen molar-refractivity contribution in [1.29, 1.82) is 0 Å². The number of fused-ring (bicyclic) bond motifs is 4. The van der Waals surface area contributed by atoms with Crippen molar-refractivity contribution in [3.63, 3.8) is 0 Å². The van der Waals surface area contributed by atoms with Crippen LogP contribution in [0.1, 0.15) is 19.4 Å². The molecule has 0 amide bonds. The molecule has 0 aliphatic heterocycles. The second-order valence-corrected chi connectivity index (χ2v) is 8.05. The molecule has 0 atom stereocenters. The molecule has 5 rings (SSSR count). The highest BCUT2D eigenvalue weighted by atomic mass is 19.1. The van der Waals surface area contributed by atoms with E-state index >= 15 is 0 Å². The van der Waals surface area contributed by atoms with Gasteiger partial charge in [-0.15, -0.1) is 0 Å². The van der Waals surface area contributed by atoms with Crippen LogP contribution in [0, 0.1) is 17.7 Å². The monoisotopic (exact) mass is 427 g/mol. The van der Waals surface area contributed by atoms with Gasteiger partial charge in [0.05, 0.1) is 22.8 Å². The molecule has 0 saturated heterocycles. The van der Waals surface area contributed by atoms with E-state index in [4.69, 9.17) is 5.73 Å². The van der Waals surface area contributed by atoms with Crippen LogP contribution in [0.25, 0.3) is 43.8 Å². The lowest BCUT2D eigenvalue weighted by Gasteiger charge is -2.14. The summed E-state index contributed by atoms with van der Waals surface area (Å²) >= 11 is 0. The van der Waals surface area contributed by atoms with Gasteiger partial charge in [-0.25, -0.2) is 4.39 Å². The third kappa shape index (κ3) is 3.07. The molecule has 5 N–H and O–H groups in total. The average Bonchev–Trinajstić information content (AvgIpc) is 3.25. The number of rotatable bonds is 1. The van der Waals surface area contributed by atoms with E-state index in [1.807, 2.05) is 6.07 Å². The molecule has 0 saturated carbocycles. The van der Waals surface area contributed by atoms with Gasteiger partial charge in [0.25, 0.3) is 5.56 Å².